The average molecular weight is 503 g/mol. The summed E-state index contributed by atoms with van der Waals surface area (Å²) in [6.45, 7) is 12.4. The summed E-state index contributed by atoms with van der Waals surface area (Å²) in [4.78, 5) is 4.76. The van der Waals surface area contributed by atoms with E-state index in [0.717, 1.165) is 32.0 Å². The number of nitrogens with one attached hydrogen (secondary N) is 2. The molecule has 0 aliphatic carbocycles. The van der Waals surface area contributed by atoms with Crippen molar-refractivity contribution >= 4 is 40.0 Å². The molecule has 0 aromatic heterocycles. The van der Waals surface area contributed by atoms with Crippen molar-refractivity contribution in [3.8, 4) is 0 Å². The van der Waals surface area contributed by atoms with Gasteiger partial charge in [0.1, 0.15) is 0 Å². The first-order chi connectivity index (χ1) is 11.7. The number of nitrogens with zero attached hydrogens (tertiary/aromatic N) is 2. The molecule has 8 heteroatoms. The van der Waals surface area contributed by atoms with Gasteiger partial charge in [0.15, 0.2) is 5.96 Å². The van der Waals surface area contributed by atoms with E-state index >= 15 is 0 Å². The minimum absolute atomic E-state index is 0. The molecule has 0 bridgehead atoms. The highest BCUT2D eigenvalue weighted by molar-refractivity contribution is 14.0. The van der Waals surface area contributed by atoms with Crippen LogP contribution in [0.25, 0.3) is 0 Å². The fourth-order valence-corrected chi connectivity index (χ4v) is 3.99. The first kappa shape index (κ1) is 25.9. The van der Waals surface area contributed by atoms with E-state index in [1.165, 1.54) is 31.9 Å². The normalized spacial score (nSPS) is 19.3. The van der Waals surface area contributed by atoms with Gasteiger partial charge in [0.2, 0.25) is 10.0 Å². The van der Waals surface area contributed by atoms with E-state index < -0.39 is 10.0 Å². The van der Waals surface area contributed by atoms with Gasteiger partial charge in [-0.15, -0.1) is 24.0 Å². The largest absolute Gasteiger partial charge is 0.357 e. The summed E-state index contributed by atoms with van der Waals surface area (Å²) in [7, 11) is -3.07. The maximum atomic E-state index is 11.6. The molecular weight excluding hydrogens is 463 g/mol. The molecule has 0 aromatic carbocycles. The third-order valence-corrected chi connectivity index (χ3v) is 6.01. The van der Waals surface area contributed by atoms with Crippen LogP contribution in [0, 0.1) is 11.3 Å². The molecule has 1 rings (SSSR count). The molecule has 0 spiro atoms. The molecular formula is C18H39IN4O2S. The zero-order valence-corrected chi connectivity index (χ0v) is 20.3. The molecule has 1 aliphatic rings. The molecule has 0 amide bonds. The first-order valence-electron chi connectivity index (χ1n) is 9.65. The summed E-state index contributed by atoms with van der Waals surface area (Å²) in [5, 5.41) is 6.69. The van der Waals surface area contributed by atoms with Crippen LogP contribution < -0.4 is 10.6 Å². The smallest absolute Gasteiger partial charge is 0.211 e. The van der Waals surface area contributed by atoms with Crippen LogP contribution in [0.2, 0.25) is 0 Å². The Hall–Kier alpha value is -0.0900. The predicted octanol–water partition coefficient (Wildman–Crippen LogP) is 3.05. The Morgan fingerprint density at radius 2 is 1.92 bits per heavy atom. The number of hydrogen-bond acceptors (Lipinski definition) is 3. The van der Waals surface area contributed by atoms with E-state index in [2.05, 4.69) is 38.3 Å². The Balaban J connectivity index is 0.00000625. The number of unbranched alkanes of at least 4 members (excludes halogenated alkanes) is 2. The summed E-state index contributed by atoms with van der Waals surface area (Å²) in [6, 6.07) is 0. The van der Waals surface area contributed by atoms with Crippen molar-refractivity contribution in [3.63, 3.8) is 0 Å². The second kappa shape index (κ2) is 12.4. The van der Waals surface area contributed by atoms with E-state index in [-0.39, 0.29) is 29.4 Å². The van der Waals surface area contributed by atoms with Gasteiger partial charge in [-0.05, 0) is 31.1 Å². The second-order valence-corrected chi connectivity index (χ2v) is 9.96. The SMILES string of the molecule is CCCCCC(C)(C)CN=C(NCC)NCC1CCN(S(C)(=O)=O)C1.I. The number of hydrogen-bond donors (Lipinski definition) is 2. The van der Waals surface area contributed by atoms with Gasteiger partial charge in [-0.3, -0.25) is 4.99 Å². The molecule has 0 radical (unpaired) electrons. The molecule has 1 atom stereocenters. The Morgan fingerprint density at radius 1 is 1.23 bits per heavy atom. The molecule has 1 unspecified atom stereocenters. The summed E-state index contributed by atoms with van der Waals surface area (Å²) < 4.78 is 24.8. The monoisotopic (exact) mass is 502 g/mol. The van der Waals surface area contributed by atoms with Gasteiger partial charge in [0.05, 0.1) is 6.26 Å². The summed E-state index contributed by atoms with van der Waals surface area (Å²) in [6.07, 6.45) is 7.17. The standard InChI is InChI=1S/C18H38N4O2S.HI/c1-6-8-9-11-18(3,4)15-21-17(19-7-2)20-13-16-10-12-22(14-16)25(5,23)24;/h16H,6-15H2,1-5H3,(H2,19,20,21);1H. The molecule has 6 nitrogen and oxygen atoms in total. The van der Waals surface area contributed by atoms with Crippen LogP contribution in [0.1, 0.15) is 59.8 Å². The van der Waals surface area contributed by atoms with Crippen LogP contribution in [-0.2, 0) is 10.0 Å². The fraction of sp³-hybridized carbons (Fsp3) is 0.944. The quantitative estimate of drug-likeness (QED) is 0.209. The van der Waals surface area contributed by atoms with Gasteiger partial charge in [-0.1, -0.05) is 40.0 Å². The van der Waals surface area contributed by atoms with E-state index in [4.69, 9.17) is 4.99 Å². The van der Waals surface area contributed by atoms with Crippen molar-refractivity contribution in [2.24, 2.45) is 16.3 Å². The van der Waals surface area contributed by atoms with Crippen molar-refractivity contribution in [3.05, 3.63) is 0 Å². The highest BCUT2D eigenvalue weighted by Gasteiger charge is 2.28. The Labute approximate surface area is 178 Å². The van der Waals surface area contributed by atoms with Gasteiger partial charge in [-0.25, -0.2) is 12.7 Å². The van der Waals surface area contributed by atoms with Crippen molar-refractivity contribution < 1.29 is 8.42 Å². The molecule has 1 saturated heterocycles. The Kier molecular flexibility index (Phi) is 12.3. The highest BCUT2D eigenvalue weighted by atomic mass is 127. The van der Waals surface area contributed by atoms with Gasteiger partial charge < -0.3 is 10.6 Å². The summed E-state index contributed by atoms with van der Waals surface area (Å²) in [5.41, 5.74) is 0.206. The molecule has 1 fully saturated rings. The van der Waals surface area contributed by atoms with E-state index in [0.29, 0.717) is 19.0 Å². The van der Waals surface area contributed by atoms with Crippen LogP contribution in [-0.4, -0.2) is 57.7 Å². The number of guanidine groups is 1. The van der Waals surface area contributed by atoms with E-state index in [1.807, 2.05) is 0 Å². The lowest BCUT2D eigenvalue weighted by atomic mass is 9.87. The van der Waals surface area contributed by atoms with Gasteiger partial charge in [-0.2, -0.15) is 0 Å². The summed E-state index contributed by atoms with van der Waals surface area (Å²) >= 11 is 0. The maximum absolute atomic E-state index is 11.6. The Bertz CT molecular complexity index is 523. The second-order valence-electron chi connectivity index (χ2n) is 7.97. The summed E-state index contributed by atoms with van der Waals surface area (Å²) in [5.74, 6) is 1.18. The molecule has 2 N–H and O–H groups in total. The van der Waals surface area contributed by atoms with Crippen molar-refractivity contribution in [1.82, 2.24) is 14.9 Å². The van der Waals surface area contributed by atoms with Crippen LogP contribution in [0.15, 0.2) is 4.99 Å². The van der Waals surface area contributed by atoms with Gasteiger partial charge >= 0.3 is 0 Å². The third-order valence-electron chi connectivity index (χ3n) is 4.74. The van der Waals surface area contributed by atoms with Crippen molar-refractivity contribution in [2.45, 2.75) is 59.8 Å². The van der Waals surface area contributed by atoms with Crippen molar-refractivity contribution in [2.75, 3.05) is 39.0 Å². The minimum atomic E-state index is -3.07. The van der Waals surface area contributed by atoms with Gasteiger partial charge in [0.25, 0.3) is 0 Å². The number of sulfonamides is 1. The highest BCUT2D eigenvalue weighted by Crippen LogP contribution is 2.24. The van der Waals surface area contributed by atoms with Crippen molar-refractivity contribution in [1.29, 1.82) is 0 Å². The minimum Gasteiger partial charge on any atom is -0.357 e. The maximum Gasteiger partial charge on any atom is 0.211 e. The average Bonchev–Trinajstić information content (AvgIpc) is 2.99. The molecule has 1 aliphatic heterocycles. The lowest BCUT2D eigenvalue weighted by Gasteiger charge is -2.23. The lowest BCUT2D eigenvalue weighted by Crippen LogP contribution is -2.41. The zero-order chi connectivity index (χ0) is 18.9. The lowest BCUT2D eigenvalue weighted by molar-refractivity contribution is 0.332. The van der Waals surface area contributed by atoms with Crippen LogP contribution in [0.5, 0.6) is 0 Å². The number of rotatable bonds is 10. The zero-order valence-electron chi connectivity index (χ0n) is 17.2. The third kappa shape index (κ3) is 10.3. The van der Waals surface area contributed by atoms with Gasteiger partial charge in [0, 0.05) is 32.7 Å². The van der Waals surface area contributed by atoms with Crippen LogP contribution >= 0.6 is 24.0 Å². The Morgan fingerprint density at radius 3 is 2.46 bits per heavy atom. The van der Waals surface area contributed by atoms with E-state index in [1.54, 1.807) is 4.31 Å². The van der Waals surface area contributed by atoms with Crippen LogP contribution in [0.3, 0.4) is 0 Å². The van der Waals surface area contributed by atoms with Crippen LogP contribution in [0.4, 0.5) is 0 Å². The fourth-order valence-electron chi connectivity index (χ4n) is 3.07. The number of aliphatic imine (C=N–C) groups is 1. The molecule has 156 valence electrons. The molecule has 26 heavy (non-hydrogen) atoms. The van der Waals surface area contributed by atoms with E-state index in [9.17, 15) is 8.42 Å². The topological polar surface area (TPSA) is 73.8 Å². The first-order valence-corrected chi connectivity index (χ1v) is 11.5. The predicted molar refractivity (Wildman–Crippen MR) is 122 cm³/mol. The molecule has 1 heterocycles. The molecule has 0 aromatic rings. The number of halogens is 1. The molecule has 0 saturated carbocycles.